The number of sulfonamides is 1. The molecule has 172 valence electrons. The van der Waals surface area contributed by atoms with Crippen LogP contribution in [0.25, 0.3) is 0 Å². The first-order valence-corrected chi connectivity index (χ1v) is 11.6. The van der Waals surface area contributed by atoms with E-state index in [2.05, 4.69) is 20.6 Å². The number of nitrogens with zero attached hydrogens (tertiary/aromatic N) is 3. The summed E-state index contributed by atoms with van der Waals surface area (Å²) in [4.78, 5) is 22.9. The number of fused-ring (bicyclic) bond motifs is 1. The topological polar surface area (TPSA) is 140 Å². The molecule has 1 aliphatic rings. The van der Waals surface area contributed by atoms with Crippen molar-refractivity contribution in [1.82, 2.24) is 9.97 Å². The second kappa shape index (κ2) is 8.01. The maximum Gasteiger partial charge on any atom is 0.270 e. The zero-order valence-electron chi connectivity index (χ0n) is 18.6. The minimum atomic E-state index is -3.76. The number of anilines is 5. The van der Waals surface area contributed by atoms with Gasteiger partial charge in [0.2, 0.25) is 16.0 Å². The number of primary sulfonamides is 1. The summed E-state index contributed by atoms with van der Waals surface area (Å²) in [6.45, 7) is 5.34. The molecule has 10 nitrogen and oxygen atoms in total. The third kappa shape index (κ3) is 4.59. The van der Waals surface area contributed by atoms with Crippen LogP contribution in [-0.2, 0) is 14.8 Å². The molecular formula is C22H24N6O4S. The van der Waals surface area contributed by atoms with Crippen molar-refractivity contribution in [1.29, 1.82) is 0 Å². The van der Waals surface area contributed by atoms with Crippen LogP contribution in [0.1, 0.15) is 19.4 Å². The maximum atomic E-state index is 12.5. The fraction of sp³-hybridized carbons (Fsp3) is 0.227. The van der Waals surface area contributed by atoms with Crippen LogP contribution >= 0.6 is 0 Å². The Labute approximate surface area is 191 Å². The number of aryl methyl sites for hydroxylation is 1. The molecule has 0 radical (unpaired) electrons. The smallest absolute Gasteiger partial charge is 0.270 e. The molecule has 2 aromatic carbocycles. The molecule has 1 amide bonds. The number of carbonyl (C=O) groups is 1. The lowest BCUT2D eigenvalue weighted by molar-refractivity contribution is -0.132. The Hall–Kier alpha value is -3.70. The van der Waals surface area contributed by atoms with Crippen molar-refractivity contribution in [2.45, 2.75) is 31.3 Å². The quantitative estimate of drug-likeness (QED) is 0.519. The van der Waals surface area contributed by atoms with Crippen LogP contribution in [0.4, 0.5) is 28.8 Å². The van der Waals surface area contributed by atoms with Crippen molar-refractivity contribution >= 4 is 44.8 Å². The van der Waals surface area contributed by atoms with Gasteiger partial charge in [-0.15, -0.1) is 0 Å². The molecule has 0 fully saturated rings. The van der Waals surface area contributed by atoms with Crippen LogP contribution in [-0.4, -0.2) is 36.9 Å². The largest absolute Gasteiger partial charge is 0.476 e. The number of rotatable bonds is 5. The highest BCUT2D eigenvalue weighted by Crippen LogP contribution is 2.39. The van der Waals surface area contributed by atoms with Gasteiger partial charge < -0.3 is 20.3 Å². The molecule has 0 bridgehead atoms. The van der Waals surface area contributed by atoms with Crippen molar-refractivity contribution < 1.29 is 17.9 Å². The normalized spacial score (nSPS) is 14.9. The van der Waals surface area contributed by atoms with Gasteiger partial charge in [0, 0.05) is 30.2 Å². The summed E-state index contributed by atoms with van der Waals surface area (Å²) >= 11 is 0. The summed E-state index contributed by atoms with van der Waals surface area (Å²) in [6, 6.07) is 11.4. The zero-order valence-corrected chi connectivity index (χ0v) is 19.4. The summed E-state index contributed by atoms with van der Waals surface area (Å²) in [7, 11) is -2.05. The van der Waals surface area contributed by atoms with Crippen molar-refractivity contribution in [2.75, 3.05) is 22.6 Å². The number of hydrogen-bond donors (Lipinski definition) is 3. The Morgan fingerprint density at radius 3 is 2.39 bits per heavy atom. The van der Waals surface area contributed by atoms with Gasteiger partial charge in [-0.25, -0.2) is 18.5 Å². The molecule has 1 aliphatic heterocycles. The maximum absolute atomic E-state index is 12.5. The van der Waals surface area contributed by atoms with Crippen molar-refractivity contribution in [3.63, 3.8) is 0 Å². The molecule has 0 atom stereocenters. The van der Waals surface area contributed by atoms with Crippen molar-refractivity contribution in [3.8, 4) is 5.75 Å². The standard InChI is InChI=1S/C22H24N6O4S/c1-13-12-24-21(26-14-5-8-16(9-6-14)33(23,30)31)27-19(13)25-15-7-10-18-17(11-15)28(4)20(29)22(2,3)32-18/h5-12H,1-4H3,(H2,23,30,31)(H2,24,25,26,27). The summed E-state index contributed by atoms with van der Waals surface area (Å²) < 4.78 is 28.7. The molecule has 1 aromatic heterocycles. The lowest BCUT2D eigenvalue weighted by Crippen LogP contribution is -2.50. The van der Waals surface area contributed by atoms with Crippen LogP contribution < -0.4 is 25.4 Å². The highest BCUT2D eigenvalue weighted by Gasteiger charge is 2.39. The third-order valence-corrected chi connectivity index (χ3v) is 6.11. The molecule has 0 saturated heterocycles. The molecule has 3 aromatic rings. The van der Waals surface area contributed by atoms with Crippen LogP contribution in [0.5, 0.6) is 5.75 Å². The number of aromatic nitrogens is 2. The number of amides is 1. The number of benzene rings is 2. The minimum absolute atomic E-state index is 0.0171. The number of carbonyl (C=O) groups excluding carboxylic acids is 1. The first kappa shape index (κ1) is 22.5. The van der Waals surface area contributed by atoms with E-state index in [9.17, 15) is 13.2 Å². The fourth-order valence-corrected chi connectivity index (χ4v) is 3.91. The molecule has 33 heavy (non-hydrogen) atoms. The Balaban J connectivity index is 1.56. The van der Waals surface area contributed by atoms with Crippen LogP contribution in [0.15, 0.2) is 53.6 Å². The Morgan fingerprint density at radius 2 is 1.73 bits per heavy atom. The molecule has 2 heterocycles. The van der Waals surface area contributed by atoms with E-state index in [1.54, 1.807) is 44.1 Å². The monoisotopic (exact) mass is 468 g/mol. The van der Waals surface area contributed by atoms with Gasteiger partial charge in [0.05, 0.1) is 10.6 Å². The zero-order chi connectivity index (χ0) is 24.0. The first-order chi connectivity index (χ1) is 15.4. The Bertz CT molecular complexity index is 1340. The van der Waals surface area contributed by atoms with Gasteiger partial charge in [-0.1, -0.05) is 0 Å². The van der Waals surface area contributed by atoms with Crippen LogP contribution in [0.2, 0.25) is 0 Å². The van der Waals surface area contributed by atoms with Crippen LogP contribution in [0, 0.1) is 6.92 Å². The predicted octanol–water partition coefficient (Wildman–Crippen LogP) is 3.05. The molecule has 11 heteroatoms. The lowest BCUT2D eigenvalue weighted by Gasteiger charge is -2.37. The van der Waals surface area contributed by atoms with Gasteiger partial charge in [0.25, 0.3) is 5.91 Å². The molecule has 0 unspecified atom stereocenters. The Morgan fingerprint density at radius 1 is 1.06 bits per heavy atom. The predicted molar refractivity (Wildman–Crippen MR) is 126 cm³/mol. The van der Waals surface area contributed by atoms with E-state index in [-0.39, 0.29) is 10.8 Å². The van der Waals surface area contributed by atoms with Gasteiger partial charge in [-0.2, -0.15) is 4.98 Å². The van der Waals surface area contributed by atoms with Gasteiger partial charge in [0.15, 0.2) is 5.60 Å². The molecule has 4 N–H and O–H groups in total. The van der Waals surface area contributed by atoms with Gasteiger partial charge in [-0.3, -0.25) is 4.79 Å². The van der Waals surface area contributed by atoms with Crippen molar-refractivity contribution in [3.05, 3.63) is 54.2 Å². The second-order valence-corrected chi connectivity index (χ2v) is 9.77. The van der Waals surface area contributed by atoms with Crippen molar-refractivity contribution in [2.24, 2.45) is 5.14 Å². The number of nitrogens with two attached hydrogens (primary N) is 1. The summed E-state index contributed by atoms with van der Waals surface area (Å²) in [6.07, 6.45) is 1.66. The SMILES string of the molecule is Cc1cnc(Nc2ccc(S(N)(=O)=O)cc2)nc1Nc1ccc2c(c1)N(C)C(=O)C(C)(C)O2. The summed E-state index contributed by atoms with van der Waals surface area (Å²) in [5, 5.41) is 11.4. The third-order valence-electron chi connectivity index (χ3n) is 5.18. The average Bonchev–Trinajstić information content (AvgIpc) is 2.75. The molecular weight excluding hydrogens is 444 g/mol. The Kier molecular flexibility index (Phi) is 5.46. The van der Waals surface area contributed by atoms with E-state index in [0.29, 0.717) is 28.9 Å². The molecule has 0 aliphatic carbocycles. The van der Waals surface area contributed by atoms with Gasteiger partial charge in [-0.05, 0) is 63.2 Å². The number of likely N-dealkylation sites (N-methyl/N-ethyl adjacent to an activating group) is 1. The fourth-order valence-electron chi connectivity index (χ4n) is 3.40. The summed E-state index contributed by atoms with van der Waals surface area (Å²) in [5.41, 5.74) is 1.87. The number of ether oxygens (including phenoxy) is 1. The number of hydrogen-bond acceptors (Lipinski definition) is 8. The second-order valence-electron chi connectivity index (χ2n) is 8.20. The number of nitrogens with one attached hydrogen (secondary N) is 2. The van der Waals surface area contributed by atoms with Crippen LogP contribution in [0.3, 0.4) is 0 Å². The molecule has 0 saturated carbocycles. The highest BCUT2D eigenvalue weighted by molar-refractivity contribution is 7.89. The lowest BCUT2D eigenvalue weighted by atomic mass is 10.0. The van der Waals surface area contributed by atoms with E-state index in [4.69, 9.17) is 9.88 Å². The average molecular weight is 469 g/mol. The molecule has 4 rings (SSSR count). The van der Waals surface area contributed by atoms with E-state index in [1.807, 2.05) is 25.1 Å². The van der Waals surface area contributed by atoms with E-state index in [0.717, 1.165) is 11.3 Å². The highest BCUT2D eigenvalue weighted by atomic mass is 32.2. The van der Waals surface area contributed by atoms with E-state index in [1.165, 1.54) is 12.1 Å². The van der Waals surface area contributed by atoms with Gasteiger partial charge in [0.1, 0.15) is 11.6 Å². The molecule has 0 spiro atoms. The van der Waals surface area contributed by atoms with Gasteiger partial charge >= 0.3 is 0 Å². The van der Waals surface area contributed by atoms with E-state index >= 15 is 0 Å². The first-order valence-electron chi connectivity index (χ1n) is 10.1. The summed E-state index contributed by atoms with van der Waals surface area (Å²) in [5.74, 6) is 1.38. The minimum Gasteiger partial charge on any atom is -0.476 e. The van der Waals surface area contributed by atoms with E-state index < -0.39 is 15.6 Å².